The molecular formula is C14H19N3O2S. The third-order valence-electron chi connectivity index (χ3n) is 3.11. The van der Waals surface area contributed by atoms with Gasteiger partial charge in [0.1, 0.15) is 6.04 Å². The SMILES string of the molecule is CCOC(=O)c1cnn(C(c2cccs2)C(N)CC)c1. The zero-order chi connectivity index (χ0) is 14.5. The second-order valence-electron chi connectivity index (χ2n) is 4.46. The second-order valence-corrected chi connectivity index (χ2v) is 5.44. The summed E-state index contributed by atoms with van der Waals surface area (Å²) in [5, 5.41) is 6.30. The Bertz CT molecular complexity index is 551. The van der Waals surface area contributed by atoms with Crippen LogP contribution in [0.4, 0.5) is 0 Å². The predicted octanol–water partition coefficient (Wildman–Crippen LogP) is 2.45. The third-order valence-corrected chi connectivity index (χ3v) is 4.05. The highest BCUT2D eigenvalue weighted by Gasteiger charge is 2.23. The fraction of sp³-hybridized carbons (Fsp3) is 0.429. The minimum atomic E-state index is -0.353. The van der Waals surface area contributed by atoms with Crippen molar-refractivity contribution in [2.24, 2.45) is 5.73 Å². The van der Waals surface area contributed by atoms with Crippen molar-refractivity contribution in [3.63, 3.8) is 0 Å². The van der Waals surface area contributed by atoms with Crippen LogP contribution in [0.1, 0.15) is 41.5 Å². The van der Waals surface area contributed by atoms with E-state index in [0.717, 1.165) is 11.3 Å². The number of carbonyl (C=O) groups is 1. The number of carbonyl (C=O) groups excluding carboxylic acids is 1. The molecule has 0 spiro atoms. The molecule has 0 saturated carbocycles. The number of esters is 1. The highest BCUT2D eigenvalue weighted by Crippen LogP contribution is 2.26. The van der Waals surface area contributed by atoms with E-state index in [9.17, 15) is 4.79 Å². The van der Waals surface area contributed by atoms with Gasteiger partial charge in [-0.3, -0.25) is 4.68 Å². The van der Waals surface area contributed by atoms with E-state index in [4.69, 9.17) is 10.5 Å². The van der Waals surface area contributed by atoms with Crippen LogP contribution in [0.3, 0.4) is 0 Å². The molecule has 2 unspecified atom stereocenters. The van der Waals surface area contributed by atoms with Crippen LogP contribution in [-0.2, 0) is 4.74 Å². The van der Waals surface area contributed by atoms with Crippen LogP contribution in [0, 0.1) is 0 Å². The first-order valence-electron chi connectivity index (χ1n) is 6.67. The molecule has 0 aliphatic rings. The Morgan fingerprint density at radius 2 is 2.35 bits per heavy atom. The second kappa shape index (κ2) is 6.67. The number of nitrogens with two attached hydrogens (primary N) is 1. The molecule has 0 radical (unpaired) electrons. The zero-order valence-corrected chi connectivity index (χ0v) is 12.5. The maximum Gasteiger partial charge on any atom is 0.341 e. The Kier molecular flexibility index (Phi) is 4.92. The summed E-state index contributed by atoms with van der Waals surface area (Å²) in [5.41, 5.74) is 6.67. The highest BCUT2D eigenvalue weighted by molar-refractivity contribution is 7.10. The number of ether oxygens (including phenoxy) is 1. The monoisotopic (exact) mass is 293 g/mol. The molecule has 0 fully saturated rings. The lowest BCUT2D eigenvalue weighted by molar-refractivity contribution is 0.0526. The molecule has 0 aliphatic heterocycles. The maximum atomic E-state index is 11.7. The van der Waals surface area contributed by atoms with E-state index in [1.165, 1.54) is 6.20 Å². The molecule has 108 valence electrons. The molecular weight excluding hydrogens is 274 g/mol. The quantitative estimate of drug-likeness (QED) is 0.831. The summed E-state index contributed by atoms with van der Waals surface area (Å²) in [6.07, 6.45) is 4.07. The van der Waals surface area contributed by atoms with Crippen molar-refractivity contribution in [2.75, 3.05) is 6.61 Å². The molecule has 0 saturated heterocycles. The lowest BCUT2D eigenvalue weighted by atomic mass is 10.1. The molecule has 5 nitrogen and oxygen atoms in total. The van der Waals surface area contributed by atoms with Crippen molar-refractivity contribution >= 4 is 17.3 Å². The summed E-state index contributed by atoms with van der Waals surface area (Å²) in [6.45, 7) is 4.18. The minimum absolute atomic E-state index is 0.0522. The summed E-state index contributed by atoms with van der Waals surface area (Å²) in [5.74, 6) is -0.353. The Morgan fingerprint density at radius 1 is 1.55 bits per heavy atom. The van der Waals surface area contributed by atoms with Gasteiger partial charge in [-0.2, -0.15) is 5.10 Å². The number of thiophene rings is 1. The fourth-order valence-corrected chi connectivity index (χ4v) is 2.92. The number of hydrogen-bond donors (Lipinski definition) is 1. The number of aromatic nitrogens is 2. The van der Waals surface area contributed by atoms with Crippen LogP contribution < -0.4 is 5.73 Å². The third kappa shape index (κ3) is 3.08. The van der Waals surface area contributed by atoms with E-state index in [1.807, 2.05) is 24.4 Å². The van der Waals surface area contributed by atoms with Crippen LogP contribution >= 0.6 is 11.3 Å². The summed E-state index contributed by atoms with van der Waals surface area (Å²) in [7, 11) is 0. The van der Waals surface area contributed by atoms with Crippen LogP contribution in [-0.4, -0.2) is 28.4 Å². The molecule has 0 aromatic carbocycles. The standard InChI is InChI=1S/C14H19N3O2S/c1-3-11(15)13(12-6-5-7-20-12)17-9-10(8-16-17)14(18)19-4-2/h5-9,11,13H,3-4,15H2,1-2H3. The van der Waals surface area contributed by atoms with Crippen molar-refractivity contribution in [1.82, 2.24) is 9.78 Å². The summed E-state index contributed by atoms with van der Waals surface area (Å²) < 4.78 is 6.73. The van der Waals surface area contributed by atoms with E-state index in [-0.39, 0.29) is 18.1 Å². The van der Waals surface area contributed by atoms with Gasteiger partial charge < -0.3 is 10.5 Å². The van der Waals surface area contributed by atoms with Gasteiger partial charge in [0, 0.05) is 17.1 Å². The molecule has 0 amide bonds. The summed E-state index contributed by atoms with van der Waals surface area (Å²) in [4.78, 5) is 12.8. The van der Waals surface area contributed by atoms with Gasteiger partial charge in [-0.25, -0.2) is 4.79 Å². The normalized spacial score (nSPS) is 13.9. The van der Waals surface area contributed by atoms with Gasteiger partial charge in [0.2, 0.25) is 0 Å². The average molecular weight is 293 g/mol. The first-order chi connectivity index (χ1) is 9.67. The van der Waals surface area contributed by atoms with Gasteiger partial charge in [-0.15, -0.1) is 11.3 Å². The molecule has 6 heteroatoms. The van der Waals surface area contributed by atoms with E-state index in [2.05, 4.69) is 5.10 Å². The molecule has 0 aliphatic carbocycles. The molecule has 20 heavy (non-hydrogen) atoms. The Morgan fingerprint density at radius 3 is 2.95 bits per heavy atom. The number of nitrogens with zero attached hydrogens (tertiary/aromatic N) is 2. The first-order valence-corrected chi connectivity index (χ1v) is 7.55. The predicted molar refractivity (Wildman–Crippen MR) is 78.9 cm³/mol. The molecule has 0 bridgehead atoms. The van der Waals surface area contributed by atoms with Crippen LogP contribution in [0.2, 0.25) is 0 Å². The van der Waals surface area contributed by atoms with Crippen molar-refractivity contribution in [3.05, 3.63) is 40.3 Å². The minimum Gasteiger partial charge on any atom is -0.462 e. The van der Waals surface area contributed by atoms with Crippen LogP contribution in [0.15, 0.2) is 29.9 Å². The van der Waals surface area contributed by atoms with Crippen molar-refractivity contribution in [2.45, 2.75) is 32.4 Å². The van der Waals surface area contributed by atoms with Crippen LogP contribution in [0.5, 0.6) is 0 Å². The van der Waals surface area contributed by atoms with E-state index in [1.54, 1.807) is 29.1 Å². The van der Waals surface area contributed by atoms with E-state index < -0.39 is 0 Å². The van der Waals surface area contributed by atoms with Gasteiger partial charge in [0.05, 0.1) is 18.4 Å². The largest absolute Gasteiger partial charge is 0.462 e. The summed E-state index contributed by atoms with van der Waals surface area (Å²) in [6, 6.07) is 3.92. The lowest BCUT2D eigenvalue weighted by Gasteiger charge is -2.22. The van der Waals surface area contributed by atoms with Gasteiger partial charge in [-0.1, -0.05) is 13.0 Å². The highest BCUT2D eigenvalue weighted by atomic mass is 32.1. The van der Waals surface area contributed by atoms with Crippen molar-refractivity contribution in [1.29, 1.82) is 0 Å². The molecule has 2 aromatic rings. The smallest absolute Gasteiger partial charge is 0.341 e. The maximum absolute atomic E-state index is 11.7. The average Bonchev–Trinajstić information content (AvgIpc) is 3.11. The summed E-state index contributed by atoms with van der Waals surface area (Å²) >= 11 is 1.64. The Labute approximate surface area is 122 Å². The molecule has 2 rings (SSSR count). The van der Waals surface area contributed by atoms with Crippen LogP contribution in [0.25, 0.3) is 0 Å². The van der Waals surface area contributed by atoms with Crippen molar-refractivity contribution < 1.29 is 9.53 Å². The molecule has 2 aromatic heterocycles. The zero-order valence-electron chi connectivity index (χ0n) is 11.7. The van der Waals surface area contributed by atoms with Crippen molar-refractivity contribution in [3.8, 4) is 0 Å². The molecule has 2 heterocycles. The van der Waals surface area contributed by atoms with Gasteiger partial charge in [-0.05, 0) is 24.8 Å². The lowest BCUT2D eigenvalue weighted by Crippen LogP contribution is -2.32. The Balaban J connectivity index is 2.28. The topological polar surface area (TPSA) is 70.1 Å². The first kappa shape index (κ1) is 14.7. The fourth-order valence-electron chi connectivity index (χ4n) is 2.03. The Hall–Kier alpha value is -1.66. The molecule has 2 N–H and O–H groups in total. The van der Waals surface area contributed by atoms with Gasteiger partial charge in [0.25, 0.3) is 0 Å². The number of hydrogen-bond acceptors (Lipinski definition) is 5. The van der Waals surface area contributed by atoms with E-state index in [0.29, 0.717) is 12.2 Å². The van der Waals surface area contributed by atoms with E-state index >= 15 is 0 Å². The number of rotatable bonds is 6. The molecule has 2 atom stereocenters. The van der Waals surface area contributed by atoms with Gasteiger partial charge >= 0.3 is 5.97 Å². The van der Waals surface area contributed by atoms with Gasteiger partial charge in [0.15, 0.2) is 0 Å².